The number of hydrogen-bond acceptors (Lipinski definition) is 4. The summed E-state index contributed by atoms with van der Waals surface area (Å²) in [6, 6.07) is 7.55. The van der Waals surface area contributed by atoms with Gasteiger partial charge in [0.1, 0.15) is 17.5 Å². The van der Waals surface area contributed by atoms with Gasteiger partial charge < -0.3 is 15.5 Å². The maximum atomic E-state index is 14.1. The normalized spacial score (nSPS) is 12.0. The fourth-order valence-electron chi connectivity index (χ4n) is 4.43. The molecule has 1 atom stereocenters. The van der Waals surface area contributed by atoms with Crippen LogP contribution in [0.15, 0.2) is 41.4 Å². The van der Waals surface area contributed by atoms with Crippen LogP contribution in [0.5, 0.6) is 0 Å². The molecule has 39 heavy (non-hydrogen) atoms. The van der Waals surface area contributed by atoms with Crippen LogP contribution >= 0.6 is 0 Å². The van der Waals surface area contributed by atoms with Gasteiger partial charge >= 0.3 is 0 Å². The predicted octanol–water partition coefficient (Wildman–Crippen LogP) is 6.06. The largest absolute Gasteiger partial charge is 0.373 e. The third kappa shape index (κ3) is 10.1. The zero-order chi connectivity index (χ0) is 28.8. The summed E-state index contributed by atoms with van der Waals surface area (Å²) in [5.41, 5.74) is 1.80. The first-order chi connectivity index (χ1) is 18.7. The summed E-state index contributed by atoms with van der Waals surface area (Å²) in [5, 5.41) is 14.9. The van der Waals surface area contributed by atoms with Crippen molar-refractivity contribution in [1.82, 2.24) is 15.5 Å². The van der Waals surface area contributed by atoms with E-state index in [-0.39, 0.29) is 5.91 Å². The molecule has 2 N–H and O–H groups in total. The van der Waals surface area contributed by atoms with Crippen molar-refractivity contribution >= 4 is 17.6 Å². The van der Waals surface area contributed by atoms with E-state index < -0.39 is 23.6 Å². The maximum Gasteiger partial charge on any atom is 0.253 e. The molecular formula is C30H39F2N5O2. The van der Waals surface area contributed by atoms with Crippen LogP contribution < -0.4 is 10.6 Å². The fraction of sp³-hybridized carbons (Fsp3) is 0.467. The Morgan fingerprint density at radius 3 is 2.21 bits per heavy atom. The second-order valence-corrected chi connectivity index (χ2v) is 9.59. The molecule has 1 unspecified atom stereocenters. The lowest BCUT2D eigenvalue weighted by molar-refractivity contribution is 0.0755. The lowest BCUT2D eigenvalue weighted by atomic mass is 9.99. The number of rotatable bonds is 14. The van der Waals surface area contributed by atoms with Crippen molar-refractivity contribution < 1.29 is 18.4 Å². The molecule has 0 saturated heterocycles. The Balaban J connectivity index is 2.26. The van der Waals surface area contributed by atoms with E-state index in [1.54, 1.807) is 29.3 Å². The van der Waals surface area contributed by atoms with E-state index in [0.717, 1.165) is 30.9 Å². The molecule has 7 nitrogen and oxygen atoms in total. The first-order valence-electron chi connectivity index (χ1n) is 13.6. The van der Waals surface area contributed by atoms with Crippen LogP contribution in [0, 0.1) is 30.0 Å². The van der Waals surface area contributed by atoms with Crippen LogP contribution in [0.3, 0.4) is 0 Å². The minimum absolute atomic E-state index is 0.131. The molecule has 2 amide bonds. The lowest BCUT2D eigenvalue weighted by Crippen LogP contribution is -2.33. The molecule has 0 aromatic heterocycles. The topological polar surface area (TPSA) is 97.6 Å². The number of carbonyl (C=O) groups is 2. The Hall–Kier alpha value is -3.80. The van der Waals surface area contributed by atoms with Crippen molar-refractivity contribution in [3.8, 4) is 6.19 Å². The van der Waals surface area contributed by atoms with Crippen molar-refractivity contribution in [2.24, 2.45) is 4.99 Å². The highest BCUT2D eigenvalue weighted by Crippen LogP contribution is 2.22. The Morgan fingerprint density at radius 2 is 1.62 bits per heavy atom. The summed E-state index contributed by atoms with van der Waals surface area (Å²) in [7, 11) is 0. The number of halogens is 2. The molecule has 2 aromatic carbocycles. The van der Waals surface area contributed by atoms with Gasteiger partial charge in [0.05, 0.1) is 6.04 Å². The van der Waals surface area contributed by atoms with E-state index in [1.165, 1.54) is 12.1 Å². The molecule has 2 aromatic rings. The summed E-state index contributed by atoms with van der Waals surface area (Å²) in [5.74, 6) is -1.46. The molecule has 0 saturated carbocycles. The summed E-state index contributed by atoms with van der Waals surface area (Å²) in [6.07, 6.45) is 5.81. The maximum absolute atomic E-state index is 14.1. The molecule has 2 rings (SSSR count). The number of hydrogen-bond donors (Lipinski definition) is 2. The SMILES string of the molecule is CCC/C(=N\C#N)NCCCC(NC(=O)c1cc(C)cc(C(=O)N(CCC)CCC)c1)c1cc(F)cc(F)c1. The first kappa shape index (κ1) is 31.4. The van der Waals surface area contributed by atoms with Crippen LogP contribution in [0.1, 0.15) is 97.2 Å². The minimum atomic E-state index is -0.732. The third-order valence-corrected chi connectivity index (χ3v) is 6.12. The van der Waals surface area contributed by atoms with Gasteiger partial charge in [-0.05, 0) is 80.5 Å². The monoisotopic (exact) mass is 539 g/mol. The van der Waals surface area contributed by atoms with Crippen molar-refractivity contribution in [3.63, 3.8) is 0 Å². The van der Waals surface area contributed by atoms with Crippen LogP contribution in [0.4, 0.5) is 8.78 Å². The first-order valence-corrected chi connectivity index (χ1v) is 13.6. The van der Waals surface area contributed by atoms with Crippen LogP contribution in [0.2, 0.25) is 0 Å². The van der Waals surface area contributed by atoms with Gasteiger partial charge in [0.25, 0.3) is 11.8 Å². The van der Waals surface area contributed by atoms with Gasteiger partial charge in [-0.1, -0.05) is 20.8 Å². The molecule has 0 heterocycles. The third-order valence-electron chi connectivity index (χ3n) is 6.12. The van der Waals surface area contributed by atoms with E-state index in [9.17, 15) is 18.4 Å². The number of nitrogens with zero attached hydrogens (tertiary/aromatic N) is 3. The molecule has 0 fully saturated rings. The highest BCUT2D eigenvalue weighted by atomic mass is 19.1. The van der Waals surface area contributed by atoms with E-state index in [1.807, 2.05) is 27.7 Å². The Labute approximate surface area is 230 Å². The number of aliphatic imine (C=N–C) groups is 1. The van der Waals surface area contributed by atoms with E-state index in [0.29, 0.717) is 61.4 Å². The van der Waals surface area contributed by atoms with Crippen molar-refractivity contribution in [1.29, 1.82) is 5.26 Å². The minimum Gasteiger partial charge on any atom is -0.373 e. The predicted molar refractivity (Wildman–Crippen MR) is 149 cm³/mol. The molecule has 0 bridgehead atoms. The van der Waals surface area contributed by atoms with Gasteiger partial charge in [-0.3, -0.25) is 9.59 Å². The van der Waals surface area contributed by atoms with Crippen molar-refractivity contribution in [2.45, 2.75) is 72.3 Å². The number of nitrogens with one attached hydrogen (secondary N) is 2. The summed E-state index contributed by atoms with van der Waals surface area (Å²) < 4.78 is 28.1. The summed E-state index contributed by atoms with van der Waals surface area (Å²) >= 11 is 0. The van der Waals surface area contributed by atoms with E-state index >= 15 is 0 Å². The van der Waals surface area contributed by atoms with Crippen molar-refractivity contribution in [2.75, 3.05) is 19.6 Å². The zero-order valence-corrected chi connectivity index (χ0v) is 23.3. The van der Waals surface area contributed by atoms with E-state index in [4.69, 9.17) is 5.26 Å². The number of aryl methyl sites for hydroxylation is 1. The van der Waals surface area contributed by atoms with Gasteiger partial charge in [0.2, 0.25) is 6.19 Å². The van der Waals surface area contributed by atoms with Gasteiger partial charge in [0.15, 0.2) is 0 Å². The second kappa shape index (κ2) is 16.2. The number of nitriles is 1. The number of benzene rings is 2. The zero-order valence-electron chi connectivity index (χ0n) is 23.3. The smallest absolute Gasteiger partial charge is 0.253 e. The molecular weight excluding hydrogens is 500 g/mol. The summed E-state index contributed by atoms with van der Waals surface area (Å²) in [6.45, 7) is 9.55. The lowest BCUT2D eigenvalue weighted by Gasteiger charge is -2.23. The van der Waals surface area contributed by atoms with Crippen molar-refractivity contribution in [3.05, 3.63) is 70.3 Å². The molecule has 0 spiro atoms. The number of amides is 2. The average molecular weight is 540 g/mol. The average Bonchev–Trinajstić information content (AvgIpc) is 2.89. The molecule has 210 valence electrons. The van der Waals surface area contributed by atoms with E-state index in [2.05, 4.69) is 15.6 Å². The fourth-order valence-corrected chi connectivity index (χ4v) is 4.43. The highest BCUT2D eigenvalue weighted by molar-refractivity contribution is 6.00. The number of carbonyl (C=O) groups excluding carboxylic acids is 2. The molecule has 0 aliphatic rings. The van der Waals surface area contributed by atoms with Gasteiger partial charge in [-0.15, -0.1) is 0 Å². The van der Waals surface area contributed by atoms with Gasteiger partial charge in [0, 0.05) is 43.2 Å². The number of amidine groups is 1. The highest BCUT2D eigenvalue weighted by Gasteiger charge is 2.21. The van der Waals surface area contributed by atoms with Crippen LogP contribution in [0.25, 0.3) is 0 Å². The Bertz CT molecular complexity index is 1170. The molecule has 0 radical (unpaired) electrons. The Kier molecular flexibility index (Phi) is 13.1. The van der Waals surface area contributed by atoms with Gasteiger partial charge in [-0.2, -0.15) is 10.3 Å². The standard InChI is InChI=1S/C30H39F2N5O2/c1-5-9-28(35-20-33)34-11-8-10-27(22-17-25(31)19-26(32)18-22)36-29(38)23-14-21(4)15-24(16-23)30(39)37(12-6-2)13-7-3/h14-19,27H,5-13H2,1-4H3,(H,34,35)(H,36,38). The quantitative estimate of drug-likeness (QED) is 0.132. The summed E-state index contributed by atoms with van der Waals surface area (Å²) in [4.78, 5) is 32.1. The molecule has 0 aliphatic carbocycles. The second-order valence-electron chi connectivity index (χ2n) is 9.59. The molecule has 9 heteroatoms. The Morgan fingerprint density at radius 1 is 0.974 bits per heavy atom. The van der Waals surface area contributed by atoms with Crippen LogP contribution in [-0.4, -0.2) is 42.2 Å². The molecule has 0 aliphatic heterocycles. The van der Waals surface area contributed by atoms with Crippen LogP contribution in [-0.2, 0) is 0 Å². The van der Waals surface area contributed by atoms with Gasteiger partial charge in [-0.25, -0.2) is 8.78 Å².